The number of carbonyl (C=O) groups excluding carboxylic acids is 2. The van der Waals surface area contributed by atoms with Gasteiger partial charge in [-0.25, -0.2) is 0 Å². The lowest BCUT2D eigenvalue weighted by atomic mass is 10.1. The van der Waals surface area contributed by atoms with Crippen LogP contribution in [0.4, 0.5) is 5.69 Å². The highest BCUT2D eigenvalue weighted by Crippen LogP contribution is 2.16. The van der Waals surface area contributed by atoms with Gasteiger partial charge in [-0.3, -0.25) is 9.59 Å². The third-order valence-electron chi connectivity index (χ3n) is 4.59. The molecule has 1 aromatic heterocycles. The Hall–Kier alpha value is -3.06. The largest absolute Gasteiger partial charge is 0.350 e. The van der Waals surface area contributed by atoms with Gasteiger partial charge in [0.15, 0.2) is 0 Å². The van der Waals surface area contributed by atoms with Gasteiger partial charge in [0.1, 0.15) is 5.01 Å². The Bertz CT molecular complexity index is 988. The average molecular weight is 423 g/mol. The van der Waals surface area contributed by atoms with Gasteiger partial charge in [-0.05, 0) is 49.9 Å². The van der Waals surface area contributed by atoms with E-state index in [4.69, 9.17) is 0 Å². The second-order valence-electron chi connectivity index (χ2n) is 7.18. The highest BCUT2D eigenvalue weighted by molar-refractivity contribution is 7.13. The lowest BCUT2D eigenvalue weighted by Gasteiger charge is -2.14. The van der Waals surface area contributed by atoms with Crippen LogP contribution in [0.25, 0.3) is 0 Å². The number of carbonyl (C=O) groups is 2. The van der Waals surface area contributed by atoms with Crippen molar-refractivity contribution in [2.75, 3.05) is 5.32 Å². The summed E-state index contributed by atoms with van der Waals surface area (Å²) in [6.45, 7) is 4.05. The number of hydrogen-bond donors (Lipinski definition) is 2. The maximum atomic E-state index is 12.6. The SMILES string of the molecule is CCCc1nnc(C(=O)Nc2cccc(C(=O)N[C@@H](C)CCc3ccccc3)c2)s1. The topological polar surface area (TPSA) is 84.0 Å². The molecule has 1 atom stereocenters. The number of nitrogens with zero attached hydrogens (tertiary/aromatic N) is 2. The van der Waals surface area contributed by atoms with Crippen LogP contribution >= 0.6 is 11.3 Å². The number of aromatic nitrogens is 2. The van der Waals surface area contributed by atoms with E-state index in [0.717, 1.165) is 30.7 Å². The molecule has 2 N–H and O–H groups in total. The minimum Gasteiger partial charge on any atom is -0.350 e. The molecule has 0 saturated carbocycles. The highest BCUT2D eigenvalue weighted by atomic mass is 32.1. The first-order valence-electron chi connectivity index (χ1n) is 10.1. The van der Waals surface area contributed by atoms with Crippen LogP contribution in [0, 0.1) is 0 Å². The van der Waals surface area contributed by atoms with E-state index in [2.05, 4.69) is 39.9 Å². The zero-order valence-electron chi connectivity index (χ0n) is 17.2. The molecular formula is C23H26N4O2S. The first kappa shape index (κ1) is 21.6. The molecule has 0 fully saturated rings. The molecule has 156 valence electrons. The Labute approximate surface area is 180 Å². The van der Waals surface area contributed by atoms with Crippen molar-refractivity contribution < 1.29 is 9.59 Å². The summed E-state index contributed by atoms with van der Waals surface area (Å²) >= 11 is 1.29. The number of hydrogen-bond acceptors (Lipinski definition) is 5. The Morgan fingerprint density at radius 2 is 1.80 bits per heavy atom. The van der Waals surface area contributed by atoms with Gasteiger partial charge in [-0.1, -0.05) is 54.7 Å². The lowest BCUT2D eigenvalue weighted by Crippen LogP contribution is -2.32. The van der Waals surface area contributed by atoms with Crippen molar-refractivity contribution in [3.63, 3.8) is 0 Å². The van der Waals surface area contributed by atoms with E-state index in [1.165, 1.54) is 16.9 Å². The Morgan fingerprint density at radius 1 is 1.00 bits per heavy atom. The third kappa shape index (κ3) is 6.22. The molecule has 0 aliphatic heterocycles. The van der Waals surface area contributed by atoms with Crippen molar-refractivity contribution in [2.24, 2.45) is 0 Å². The van der Waals surface area contributed by atoms with E-state index in [-0.39, 0.29) is 17.9 Å². The first-order chi connectivity index (χ1) is 14.5. The molecule has 0 spiro atoms. The van der Waals surface area contributed by atoms with Gasteiger partial charge in [-0.15, -0.1) is 10.2 Å². The number of amides is 2. The summed E-state index contributed by atoms with van der Waals surface area (Å²) in [5, 5.41) is 15.0. The fourth-order valence-corrected chi connectivity index (χ4v) is 3.83. The molecule has 6 nitrogen and oxygen atoms in total. The van der Waals surface area contributed by atoms with E-state index < -0.39 is 0 Å². The molecule has 2 aromatic carbocycles. The summed E-state index contributed by atoms with van der Waals surface area (Å²) in [6, 6.07) is 17.2. The van der Waals surface area contributed by atoms with Gasteiger partial charge < -0.3 is 10.6 Å². The fraction of sp³-hybridized carbons (Fsp3) is 0.304. The number of benzene rings is 2. The molecule has 0 aliphatic carbocycles. The number of nitrogens with one attached hydrogen (secondary N) is 2. The van der Waals surface area contributed by atoms with Gasteiger partial charge in [0.25, 0.3) is 11.8 Å². The Morgan fingerprint density at radius 3 is 2.57 bits per heavy atom. The van der Waals surface area contributed by atoms with Crippen LogP contribution in [-0.4, -0.2) is 28.1 Å². The van der Waals surface area contributed by atoms with Crippen LogP contribution < -0.4 is 10.6 Å². The summed E-state index contributed by atoms with van der Waals surface area (Å²) < 4.78 is 0. The van der Waals surface area contributed by atoms with E-state index >= 15 is 0 Å². The van der Waals surface area contributed by atoms with Crippen LogP contribution in [0.1, 0.15) is 57.4 Å². The molecular weight excluding hydrogens is 396 g/mol. The van der Waals surface area contributed by atoms with Gasteiger partial charge in [0.2, 0.25) is 5.01 Å². The third-order valence-corrected chi connectivity index (χ3v) is 5.58. The second kappa shape index (κ2) is 10.6. The van der Waals surface area contributed by atoms with Gasteiger partial charge in [0, 0.05) is 23.7 Å². The van der Waals surface area contributed by atoms with Crippen molar-refractivity contribution in [3.05, 3.63) is 75.7 Å². The van der Waals surface area contributed by atoms with Crippen molar-refractivity contribution >= 4 is 28.8 Å². The van der Waals surface area contributed by atoms with Crippen molar-refractivity contribution in [1.29, 1.82) is 0 Å². The molecule has 0 saturated heterocycles. The molecule has 2 amide bonds. The van der Waals surface area contributed by atoms with Gasteiger partial charge in [0.05, 0.1) is 0 Å². The molecule has 0 unspecified atom stereocenters. The molecule has 3 aromatic rings. The first-order valence-corrected chi connectivity index (χ1v) is 11.0. The zero-order chi connectivity index (χ0) is 21.3. The summed E-state index contributed by atoms with van der Waals surface area (Å²) in [6.07, 6.45) is 3.52. The van der Waals surface area contributed by atoms with Gasteiger partial charge in [-0.2, -0.15) is 0 Å². The molecule has 1 heterocycles. The molecule has 30 heavy (non-hydrogen) atoms. The zero-order valence-corrected chi connectivity index (χ0v) is 18.0. The van der Waals surface area contributed by atoms with Crippen molar-refractivity contribution in [3.8, 4) is 0 Å². The smallest absolute Gasteiger partial charge is 0.286 e. The van der Waals surface area contributed by atoms with Crippen molar-refractivity contribution in [2.45, 2.75) is 45.6 Å². The quantitative estimate of drug-likeness (QED) is 0.532. The number of aryl methyl sites for hydroxylation is 2. The molecule has 7 heteroatoms. The maximum Gasteiger partial charge on any atom is 0.286 e. The molecule has 0 bridgehead atoms. The summed E-state index contributed by atoms with van der Waals surface area (Å²) in [4.78, 5) is 25.0. The predicted octanol–water partition coefficient (Wildman–Crippen LogP) is 4.49. The maximum absolute atomic E-state index is 12.6. The molecule has 0 aliphatic rings. The molecule has 0 radical (unpaired) electrons. The Balaban J connectivity index is 1.55. The Kier molecular flexibility index (Phi) is 7.68. The van der Waals surface area contributed by atoms with E-state index in [1.54, 1.807) is 24.3 Å². The minimum absolute atomic E-state index is 0.0364. The van der Waals surface area contributed by atoms with Crippen LogP contribution in [0.15, 0.2) is 54.6 Å². The lowest BCUT2D eigenvalue weighted by molar-refractivity contribution is 0.0937. The predicted molar refractivity (Wildman–Crippen MR) is 120 cm³/mol. The van der Waals surface area contributed by atoms with Crippen LogP contribution in [0.2, 0.25) is 0 Å². The van der Waals surface area contributed by atoms with Crippen LogP contribution in [0.3, 0.4) is 0 Å². The van der Waals surface area contributed by atoms with E-state index in [1.807, 2.05) is 25.1 Å². The summed E-state index contributed by atoms with van der Waals surface area (Å²) in [7, 11) is 0. The van der Waals surface area contributed by atoms with Gasteiger partial charge >= 0.3 is 0 Å². The summed E-state index contributed by atoms with van der Waals surface area (Å²) in [5.41, 5.74) is 2.31. The second-order valence-corrected chi connectivity index (χ2v) is 8.25. The van der Waals surface area contributed by atoms with Crippen LogP contribution in [0.5, 0.6) is 0 Å². The van der Waals surface area contributed by atoms with Crippen molar-refractivity contribution in [1.82, 2.24) is 15.5 Å². The molecule has 3 rings (SSSR count). The monoisotopic (exact) mass is 422 g/mol. The van der Waals surface area contributed by atoms with Crippen LogP contribution in [-0.2, 0) is 12.8 Å². The van der Waals surface area contributed by atoms with E-state index in [9.17, 15) is 9.59 Å². The standard InChI is InChI=1S/C23H26N4O2S/c1-3-8-20-26-27-23(30-20)22(29)25-19-12-7-11-18(15-19)21(28)24-16(2)13-14-17-9-5-4-6-10-17/h4-7,9-12,15-16H,3,8,13-14H2,1-2H3,(H,24,28)(H,25,29)/t16-/m0/s1. The van der Waals surface area contributed by atoms with E-state index in [0.29, 0.717) is 16.3 Å². The normalized spacial score (nSPS) is 11.7. The highest BCUT2D eigenvalue weighted by Gasteiger charge is 2.15. The fourth-order valence-electron chi connectivity index (χ4n) is 2.99. The number of anilines is 1. The minimum atomic E-state index is -0.316. The number of rotatable bonds is 9. The summed E-state index contributed by atoms with van der Waals surface area (Å²) in [5.74, 6) is -0.476. The average Bonchev–Trinajstić information content (AvgIpc) is 3.22.